The van der Waals surface area contributed by atoms with Crippen molar-refractivity contribution in [1.29, 1.82) is 5.26 Å². The average molecular weight is 337 g/mol. The van der Waals surface area contributed by atoms with Gasteiger partial charge >= 0.3 is 0 Å². The Balaban J connectivity index is 1.48. The SMILES string of the molecule is N#Cc1cc(F)ccc1N1CCCC(Nc2ccnc(C3CC3)n2)C1. The van der Waals surface area contributed by atoms with E-state index in [2.05, 4.69) is 26.3 Å². The molecule has 0 radical (unpaired) electrons. The highest BCUT2D eigenvalue weighted by molar-refractivity contribution is 5.60. The van der Waals surface area contributed by atoms with Crippen LogP contribution in [0, 0.1) is 17.1 Å². The number of benzene rings is 1. The smallest absolute Gasteiger partial charge is 0.133 e. The van der Waals surface area contributed by atoms with Crippen LogP contribution in [0.2, 0.25) is 0 Å². The number of hydrogen-bond donors (Lipinski definition) is 1. The van der Waals surface area contributed by atoms with Gasteiger partial charge in [-0.1, -0.05) is 0 Å². The third-order valence-electron chi connectivity index (χ3n) is 4.81. The van der Waals surface area contributed by atoms with E-state index in [1.807, 2.05) is 12.3 Å². The molecule has 2 heterocycles. The summed E-state index contributed by atoms with van der Waals surface area (Å²) in [6, 6.07) is 8.67. The summed E-state index contributed by atoms with van der Waals surface area (Å²) in [7, 11) is 0. The Kier molecular flexibility index (Phi) is 4.22. The molecule has 1 atom stereocenters. The second kappa shape index (κ2) is 6.67. The minimum atomic E-state index is -0.374. The maximum atomic E-state index is 13.4. The highest BCUT2D eigenvalue weighted by atomic mass is 19.1. The predicted molar refractivity (Wildman–Crippen MR) is 94.0 cm³/mol. The molecule has 1 unspecified atom stereocenters. The Morgan fingerprint density at radius 1 is 1.24 bits per heavy atom. The van der Waals surface area contributed by atoms with E-state index < -0.39 is 0 Å². The summed E-state index contributed by atoms with van der Waals surface area (Å²) in [4.78, 5) is 11.1. The molecular formula is C19H20FN5. The molecule has 25 heavy (non-hydrogen) atoms. The summed E-state index contributed by atoms with van der Waals surface area (Å²) in [6.07, 6.45) is 6.24. The van der Waals surface area contributed by atoms with E-state index in [1.54, 1.807) is 6.07 Å². The van der Waals surface area contributed by atoms with E-state index in [0.717, 1.165) is 43.3 Å². The molecule has 128 valence electrons. The lowest BCUT2D eigenvalue weighted by Crippen LogP contribution is -2.42. The van der Waals surface area contributed by atoms with Gasteiger partial charge in [-0.2, -0.15) is 5.26 Å². The normalized spacial score (nSPS) is 20.2. The second-order valence-corrected chi connectivity index (χ2v) is 6.78. The fourth-order valence-corrected chi connectivity index (χ4v) is 3.39. The van der Waals surface area contributed by atoms with Crippen LogP contribution in [0.25, 0.3) is 0 Å². The number of nitriles is 1. The fourth-order valence-electron chi connectivity index (χ4n) is 3.39. The molecular weight excluding hydrogens is 317 g/mol. The van der Waals surface area contributed by atoms with Crippen molar-refractivity contribution in [3.05, 3.63) is 47.7 Å². The average Bonchev–Trinajstić information content (AvgIpc) is 3.47. The number of aromatic nitrogens is 2. The van der Waals surface area contributed by atoms with Gasteiger partial charge < -0.3 is 10.2 Å². The van der Waals surface area contributed by atoms with Crippen LogP contribution in [-0.2, 0) is 0 Å². The molecule has 6 heteroatoms. The number of nitrogens with one attached hydrogen (secondary N) is 1. The fraction of sp³-hybridized carbons (Fsp3) is 0.421. The molecule has 5 nitrogen and oxygen atoms in total. The summed E-state index contributed by atoms with van der Waals surface area (Å²) < 4.78 is 13.4. The summed E-state index contributed by atoms with van der Waals surface area (Å²) in [5.74, 6) is 1.95. The standard InChI is InChI=1S/C19H20FN5/c20-15-5-6-17(14(10-15)11-21)25-9-1-2-16(12-25)23-18-7-8-22-19(24-18)13-3-4-13/h5-8,10,13,16H,1-4,9,12H2,(H,22,23,24). The number of hydrogen-bond acceptors (Lipinski definition) is 5. The maximum Gasteiger partial charge on any atom is 0.133 e. The molecule has 1 saturated carbocycles. The molecule has 1 aromatic carbocycles. The van der Waals surface area contributed by atoms with E-state index in [1.165, 1.54) is 25.0 Å². The van der Waals surface area contributed by atoms with Crippen molar-refractivity contribution >= 4 is 11.5 Å². The van der Waals surface area contributed by atoms with Crippen molar-refractivity contribution < 1.29 is 4.39 Å². The molecule has 2 aliphatic rings. The Hall–Kier alpha value is -2.68. The number of nitrogens with zero attached hydrogens (tertiary/aromatic N) is 4. The summed E-state index contributed by atoms with van der Waals surface area (Å²) in [5, 5.41) is 12.8. The van der Waals surface area contributed by atoms with E-state index in [9.17, 15) is 9.65 Å². The van der Waals surface area contributed by atoms with Crippen LogP contribution in [0.5, 0.6) is 0 Å². The van der Waals surface area contributed by atoms with Gasteiger partial charge in [-0.05, 0) is 49.9 Å². The zero-order valence-corrected chi connectivity index (χ0v) is 14.0. The van der Waals surface area contributed by atoms with Gasteiger partial charge in [-0.3, -0.25) is 0 Å². The molecule has 1 N–H and O–H groups in total. The summed E-state index contributed by atoms with van der Waals surface area (Å²) in [6.45, 7) is 1.64. The highest BCUT2D eigenvalue weighted by Gasteiger charge is 2.27. The quantitative estimate of drug-likeness (QED) is 0.926. The molecule has 2 fully saturated rings. The minimum Gasteiger partial charge on any atom is -0.368 e. The third-order valence-corrected chi connectivity index (χ3v) is 4.81. The first kappa shape index (κ1) is 15.8. The monoisotopic (exact) mass is 337 g/mol. The largest absolute Gasteiger partial charge is 0.368 e. The first-order chi connectivity index (χ1) is 12.2. The van der Waals surface area contributed by atoms with Gasteiger partial charge in [0.25, 0.3) is 0 Å². The van der Waals surface area contributed by atoms with E-state index >= 15 is 0 Å². The topological polar surface area (TPSA) is 64.8 Å². The predicted octanol–water partition coefficient (Wildman–Crippen LogP) is 3.45. The van der Waals surface area contributed by atoms with Crippen LogP contribution < -0.4 is 10.2 Å². The van der Waals surface area contributed by atoms with Gasteiger partial charge in [0.2, 0.25) is 0 Å². The zero-order valence-electron chi connectivity index (χ0n) is 14.0. The molecule has 1 aliphatic carbocycles. The van der Waals surface area contributed by atoms with Gasteiger partial charge in [-0.15, -0.1) is 0 Å². The van der Waals surface area contributed by atoms with Crippen molar-refractivity contribution in [2.24, 2.45) is 0 Å². The highest BCUT2D eigenvalue weighted by Crippen LogP contribution is 2.38. The van der Waals surface area contributed by atoms with Crippen molar-refractivity contribution in [2.75, 3.05) is 23.3 Å². The third kappa shape index (κ3) is 3.55. The van der Waals surface area contributed by atoms with Crippen molar-refractivity contribution in [2.45, 2.75) is 37.6 Å². The van der Waals surface area contributed by atoms with Gasteiger partial charge in [0, 0.05) is 31.2 Å². The number of anilines is 2. The Labute approximate surface area is 146 Å². The lowest BCUT2D eigenvalue weighted by Gasteiger charge is -2.35. The van der Waals surface area contributed by atoms with Crippen LogP contribution in [0.4, 0.5) is 15.9 Å². The molecule has 0 amide bonds. The molecule has 0 bridgehead atoms. The molecule has 2 aromatic rings. The van der Waals surface area contributed by atoms with E-state index in [0.29, 0.717) is 11.5 Å². The van der Waals surface area contributed by atoms with Crippen molar-refractivity contribution in [3.63, 3.8) is 0 Å². The van der Waals surface area contributed by atoms with Gasteiger partial charge in [0.15, 0.2) is 0 Å². The van der Waals surface area contributed by atoms with E-state index in [4.69, 9.17) is 0 Å². The first-order valence-electron chi connectivity index (χ1n) is 8.77. The zero-order chi connectivity index (χ0) is 17.2. The Bertz CT molecular complexity index is 812. The number of piperidine rings is 1. The summed E-state index contributed by atoms with van der Waals surface area (Å²) >= 11 is 0. The van der Waals surface area contributed by atoms with Gasteiger partial charge in [0.1, 0.15) is 23.5 Å². The first-order valence-corrected chi connectivity index (χ1v) is 8.77. The Morgan fingerprint density at radius 2 is 2.12 bits per heavy atom. The molecule has 1 aromatic heterocycles. The molecule has 0 spiro atoms. The van der Waals surface area contributed by atoms with Crippen molar-refractivity contribution in [1.82, 2.24) is 9.97 Å². The van der Waals surface area contributed by atoms with E-state index in [-0.39, 0.29) is 11.9 Å². The minimum absolute atomic E-state index is 0.243. The number of halogens is 1. The number of rotatable bonds is 4. The van der Waals surface area contributed by atoms with Crippen LogP contribution in [-0.4, -0.2) is 29.1 Å². The van der Waals surface area contributed by atoms with Gasteiger partial charge in [-0.25, -0.2) is 14.4 Å². The van der Waals surface area contributed by atoms with Crippen LogP contribution in [0.3, 0.4) is 0 Å². The summed E-state index contributed by atoms with van der Waals surface area (Å²) in [5.41, 5.74) is 1.19. The maximum absolute atomic E-state index is 13.4. The lowest BCUT2D eigenvalue weighted by molar-refractivity contribution is 0.528. The molecule has 4 rings (SSSR count). The lowest BCUT2D eigenvalue weighted by atomic mass is 10.0. The molecule has 1 aliphatic heterocycles. The molecule has 1 saturated heterocycles. The van der Waals surface area contributed by atoms with Crippen LogP contribution >= 0.6 is 0 Å². The van der Waals surface area contributed by atoms with Gasteiger partial charge in [0.05, 0.1) is 11.3 Å². The Morgan fingerprint density at radius 3 is 2.92 bits per heavy atom. The second-order valence-electron chi connectivity index (χ2n) is 6.78. The van der Waals surface area contributed by atoms with Crippen molar-refractivity contribution in [3.8, 4) is 6.07 Å². The van der Waals surface area contributed by atoms with Crippen LogP contribution in [0.1, 0.15) is 43.0 Å². The van der Waals surface area contributed by atoms with Crippen LogP contribution in [0.15, 0.2) is 30.5 Å².